The van der Waals surface area contributed by atoms with E-state index in [9.17, 15) is 4.79 Å². The molecule has 0 aliphatic rings. The summed E-state index contributed by atoms with van der Waals surface area (Å²) in [5, 5.41) is 0. The second-order valence-corrected chi connectivity index (χ2v) is 3.33. The first kappa shape index (κ1) is 12.7. The van der Waals surface area contributed by atoms with Gasteiger partial charge in [-0.25, -0.2) is 0 Å². The molecule has 0 bridgehead atoms. The number of carbonyl (C=O) groups excluding carboxylic acids is 1. The summed E-state index contributed by atoms with van der Waals surface area (Å²) in [5.74, 6) is -1.20. The fraction of sp³-hybridized carbons (Fsp3) is 0.417. The summed E-state index contributed by atoms with van der Waals surface area (Å²) in [4.78, 5) is 10.6. The maximum atomic E-state index is 10.6. The quantitative estimate of drug-likeness (QED) is 0.545. The lowest BCUT2D eigenvalue weighted by Gasteiger charge is -2.34. The van der Waals surface area contributed by atoms with E-state index in [0.717, 1.165) is 5.56 Å². The van der Waals surface area contributed by atoms with Crippen molar-refractivity contribution in [2.24, 2.45) is 0 Å². The van der Waals surface area contributed by atoms with Gasteiger partial charge >= 0.3 is 0 Å². The molecule has 1 rings (SSSR count). The van der Waals surface area contributed by atoms with Crippen LogP contribution in [0.2, 0.25) is 0 Å². The summed E-state index contributed by atoms with van der Waals surface area (Å²) in [6.45, 7) is 2.14. The van der Waals surface area contributed by atoms with Crippen LogP contribution >= 0.6 is 0 Å². The van der Waals surface area contributed by atoms with Crippen LogP contribution in [-0.4, -0.2) is 26.8 Å². The Bertz CT molecular complexity index is 325. The van der Waals surface area contributed by atoms with E-state index in [4.69, 9.17) is 14.2 Å². The lowest BCUT2D eigenvalue weighted by atomic mass is 10.0. The zero-order chi connectivity index (χ0) is 12.0. The van der Waals surface area contributed by atoms with Crippen LogP contribution in [0.15, 0.2) is 30.3 Å². The van der Waals surface area contributed by atoms with Gasteiger partial charge in [0.25, 0.3) is 12.3 Å². The number of carbonyl (C=O) groups is 1. The molecule has 0 heterocycles. The van der Waals surface area contributed by atoms with Crippen LogP contribution in [0.25, 0.3) is 0 Å². The first-order valence-corrected chi connectivity index (χ1v) is 4.96. The summed E-state index contributed by atoms with van der Waals surface area (Å²) in [7, 11) is 3.02. The standard InChI is InChI=1S/C12H16O4/c1-10(14-2)12(15-3,16-9-13)11-7-5-4-6-8-11/h4-10H,1-3H3. The van der Waals surface area contributed by atoms with Crippen molar-refractivity contribution in [2.75, 3.05) is 14.2 Å². The van der Waals surface area contributed by atoms with Crippen molar-refractivity contribution in [2.45, 2.75) is 18.8 Å². The highest BCUT2D eigenvalue weighted by molar-refractivity contribution is 5.40. The molecule has 0 N–H and O–H groups in total. The van der Waals surface area contributed by atoms with Gasteiger partial charge in [-0.15, -0.1) is 0 Å². The average molecular weight is 224 g/mol. The Morgan fingerprint density at radius 3 is 2.31 bits per heavy atom. The Morgan fingerprint density at radius 2 is 1.88 bits per heavy atom. The predicted molar refractivity (Wildman–Crippen MR) is 58.7 cm³/mol. The molecule has 0 aliphatic heterocycles. The molecule has 0 aromatic heterocycles. The van der Waals surface area contributed by atoms with E-state index in [1.54, 1.807) is 6.92 Å². The van der Waals surface area contributed by atoms with Crippen LogP contribution in [0.5, 0.6) is 0 Å². The highest BCUT2D eigenvalue weighted by Crippen LogP contribution is 2.31. The normalized spacial score (nSPS) is 16.2. The molecule has 0 saturated heterocycles. The molecule has 0 amide bonds. The van der Waals surface area contributed by atoms with Crippen molar-refractivity contribution in [3.8, 4) is 0 Å². The Balaban J connectivity index is 3.16. The van der Waals surface area contributed by atoms with Crippen LogP contribution in [0.3, 0.4) is 0 Å². The Kier molecular flexibility index (Phi) is 4.46. The summed E-state index contributed by atoms with van der Waals surface area (Å²) < 4.78 is 15.6. The molecule has 88 valence electrons. The summed E-state index contributed by atoms with van der Waals surface area (Å²) in [5.41, 5.74) is 0.735. The van der Waals surface area contributed by atoms with Crippen molar-refractivity contribution in [1.82, 2.24) is 0 Å². The fourth-order valence-electron chi connectivity index (χ4n) is 1.63. The summed E-state index contributed by atoms with van der Waals surface area (Å²) in [6.07, 6.45) is -0.412. The molecule has 4 nitrogen and oxygen atoms in total. The van der Waals surface area contributed by atoms with Gasteiger partial charge in [0.05, 0.1) is 0 Å². The Labute approximate surface area is 95.1 Å². The summed E-state index contributed by atoms with van der Waals surface area (Å²) in [6, 6.07) is 9.21. The summed E-state index contributed by atoms with van der Waals surface area (Å²) >= 11 is 0. The van der Waals surface area contributed by atoms with Crippen LogP contribution in [-0.2, 0) is 24.8 Å². The van der Waals surface area contributed by atoms with Crippen molar-refractivity contribution in [3.05, 3.63) is 35.9 Å². The smallest absolute Gasteiger partial charge is 0.295 e. The van der Waals surface area contributed by atoms with Gasteiger partial charge in [-0.05, 0) is 6.92 Å². The molecule has 16 heavy (non-hydrogen) atoms. The zero-order valence-corrected chi connectivity index (χ0v) is 9.67. The molecule has 0 radical (unpaired) electrons. The van der Waals surface area contributed by atoms with E-state index >= 15 is 0 Å². The van der Waals surface area contributed by atoms with Crippen LogP contribution in [0, 0.1) is 0 Å². The van der Waals surface area contributed by atoms with Crippen molar-refractivity contribution in [3.63, 3.8) is 0 Å². The largest absolute Gasteiger partial charge is 0.428 e. The SMILES string of the molecule is COC(C)C(OC)(OC=O)c1ccccc1. The average Bonchev–Trinajstić information content (AvgIpc) is 2.36. The van der Waals surface area contributed by atoms with E-state index in [2.05, 4.69) is 0 Å². The van der Waals surface area contributed by atoms with Gasteiger partial charge < -0.3 is 14.2 Å². The van der Waals surface area contributed by atoms with Crippen LogP contribution in [0.1, 0.15) is 12.5 Å². The number of benzene rings is 1. The number of rotatable bonds is 6. The minimum absolute atomic E-state index is 0.367. The van der Waals surface area contributed by atoms with Gasteiger partial charge in [-0.3, -0.25) is 4.79 Å². The molecular weight excluding hydrogens is 208 g/mol. The van der Waals surface area contributed by atoms with Crippen molar-refractivity contribution >= 4 is 6.47 Å². The number of hydrogen-bond donors (Lipinski definition) is 0. The first-order chi connectivity index (χ1) is 7.71. The van der Waals surface area contributed by atoms with Gasteiger partial charge in [0, 0.05) is 19.8 Å². The van der Waals surface area contributed by atoms with E-state index < -0.39 is 11.9 Å². The van der Waals surface area contributed by atoms with Gasteiger partial charge in [-0.2, -0.15) is 0 Å². The van der Waals surface area contributed by atoms with Crippen molar-refractivity contribution < 1.29 is 19.0 Å². The highest BCUT2D eigenvalue weighted by Gasteiger charge is 2.41. The number of ether oxygens (including phenoxy) is 3. The number of hydrogen-bond acceptors (Lipinski definition) is 4. The third-order valence-electron chi connectivity index (χ3n) is 2.59. The van der Waals surface area contributed by atoms with E-state index in [0.29, 0.717) is 6.47 Å². The zero-order valence-electron chi connectivity index (χ0n) is 9.67. The molecule has 0 aliphatic carbocycles. The lowest BCUT2D eigenvalue weighted by molar-refractivity contribution is -0.261. The third-order valence-corrected chi connectivity index (χ3v) is 2.59. The second kappa shape index (κ2) is 5.63. The van der Waals surface area contributed by atoms with E-state index in [1.807, 2.05) is 30.3 Å². The maximum absolute atomic E-state index is 10.6. The molecule has 1 aromatic rings. The van der Waals surface area contributed by atoms with Gasteiger partial charge in [0.1, 0.15) is 6.10 Å². The number of methoxy groups -OCH3 is 2. The highest BCUT2D eigenvalue weighted by atomic mass is 16.7. The molecule has 0 saturated carbocycles. The predicted octanol–water partition coefficient (Wildman–Crippen LogP) is 1.69. The van der Waals surface area contributed by atoms with Crippen LogP contribution < -0.4 is 0 Å². The van der Waals surface area contributed by atoms with Gasteiger partial charge in [-0.1, -0.05) is 30.3 Å². The maximum Gasteiger partial charge on any atom is 0.295 e. The Hall–Kier alpha value is -1.39. The van der Waals surface area contributed by atoms with E-state index in [1.165, 1.54) is 14.2 Å². The first-order valence-electron chi connectivity index (χ1n) is 4.96. The fourth-order valence-corrected chi connectivity index (χ4v) is 1.63. The molecule has 2 atom stereocenters. The minimum Gasteiger partial charge on any atom is -0.428 e. The monoisotopic (exact) mass is 224 g/mol. The molecular formula is C12H16O4. The Morgan fingerprint density at radius 1 is 1.25 bits per heavy atom. The van der Waals surface area contributed by atoms with E-state index in [-0.39, 0.29) is 0 Å². The van der Waals surface area contributed by atoms with Crippen LogP contribution in [0.4, 0.5) is 0 Å². The topological polar surface area (TPSA) is 44.8 Å². The molecule has 0 spiro atoms. The third kappa shape index (κ3) is 2.23. The molecule has 2 unspecified atom stereocenters. The molecule has 0 fully saturated rings. The van der Waals surface area contributed by atoms with Gasteiger partial charge in [0.15, 0.2) is 0 Å². The van der Waals surface area contributed by atoms with Crippen molar-refractivity contribution in [1.29, 1.82) is 0 Å². The second-order valence-electron chi connectivity index (χ2n) is 3.33. The van der Waals surface area contributed by atoms with Gasteiger partial charge in [0.2, 0.25) is 0 Å². The molecule has 4 heteroatoms. The minimum atomic E-state index is -1.20. The molecule has 1 aromatic carbocycles. The lowest BCUT2D eigenvalue weighted by Crippen LogP contribution is -2.43.